The van der Waals surface area contributed by atoms with Crippen LogP contribution in [0, 0.1) is 19.8 Å². The Hall–Kier alpha value is -3.28. The largest absolute Gasteiger partial charge is 0.444 e. The summed E-state index contributed by atoms with van der Waals surface area (Å²) >= 11 is 0. The molecule has 2 aromatic rings. The molecule has 1 aliphatic carbocycles. The molecule has 6 heteroatoms. The van der Waals surface area contributed by atoms with E-state index in [0.717, 1.165) is 38.2 Å². The molecule has 3 heterocycles. The van der Waals surface area contributed by atoms with Crippen molar-refractivity contribution in [2.45, 2.75) is 71.6 Å². The number of rotatable bonds is 3. The molecule has 0 spiro atoms. The van der Waals surface area contributed by atoms with E-state index >= 15 is 0 Å². The molecule has 6 nitrogen and oxygen atoms in total. The minimum absolute atomic E-state index is 0.188. The van der Waals surface area contributed by atoms with Crippen LogP contribution in [0.25, 0.3) is 6.08 Å². The highest BCUT2D eigenvalue weighted by atomic mass is 16.6. The summed E-state index contributed by atoms with van der Waals surface area (Å²) < 4.78 is 7.82. The standard InChI is InChI=1S/C30H38N4O2/c1-20-8-9-25-23(15-20)16-24(18-33-17-21(2)32-19-33)26-7-6-12-31-28(26)27(25)22-10-13-34(14-11-22)29(35)36-30(3,4)5/h6-9,12,15-17,19,22,27-28,31H,10-11,13-14,18H2,1-5H3. The number of ether oxygens (including phenoxy) is 1. The zero-order valence-corrected chi connectivity index (χ0v) is 22.1. The summed E-state index contributed by atoms with van der Waals surface area (Å²) in [5.74, 6) is 0.775. The minimum Gasteiger partial charge on any atom is -0.444 e. The molecular weight excluding hydrogens is 448 g/mol. The number of imidazole rings is 1. The van der Waals surface area contributed by atoms with E-state index in [4.69, 9.17) is 4.74 Å². The Morgan fingerprint density at radius 3 is 2.67 bits per heavy atom. The molecule has 1 aromatic carbocycles. The van der Waals surface area contributed by atoms with Crippen molar-refractivity contribution in [1.29, 1.82) is 0 Å². The zero-order valence-electron chi connectivity index (χ0n) is 22.1. The average molecular weight is 487 g/mol. The number of likely N-dealkylation sites (tertiary alicyclic amines) is 1. The van der Waals surface area contributed by atoms with Crippen LogP contribution in [-0.2, 0) is 11.3 Å². The van der Waals surface area contributed by atoms with Gasteiger partial charge in [-0.1, -0.05) is 29.8 Å². The number of dihydropyridines is 1. The maximum Gasteiger partial charge on any atom is 0.410 e. The van der Waals surface area contributed by atoms with Gasteiger partial charge in [0.15, 0.2) is 0 Å². The van der Waals surface area contributed by atoms with E-state index in [1.807, 2.05) is 38.9 Å². The predicted octanol–water partition coefficient (Wildman–Crippen LogP) is 5.74. The van der Waals surface area contributed by atoms with Crippen molar-refractivity contribution in [2.24, 2.45) is 5.92 Å². The molecule has 1 N–H and O–H groups in total. The van der Waals surface area contributed by atoms with Gasteiger partial charge in [0.25, 0.3) is 0 Å². The highest BCUT2D eigenvalue weighted by Gasteiger charge is 2.39. The number of hydrogen-bond acceptors (Lipinski definition) is 4. The molecule has 190 valence electrons. The Morgan fingerprint density at radius 2 is 1.97 bits per heavy atom. The van der Waals surface area contributed by atoms with Crippen molar-refractivity contribution < 1.29 is 9.53 Å². The first-order valence-electron chi connectivity index (χ1n) is 13.1. The van der Waals surface area contributed by atoms with Crippen LogP contribution < -0.4 is 5.32 Å². The fraction of sp³-hybridized carbons (Fsp3) is 0.467. The van der Waals surface area contributed by atoms with Gasteiger partial charge in [-0.2, -0.15) is 0 Å². The second-order valence-electron chi connectivity index (χ2n) is 11.4. The fourth-order valence-corrected chi connectivity index (χ4v) is 5.87. The van der Waals surface area contributed by atoms with E-state index < -0.39 is 5.60 Å². The molecule has 2 atom stereocenters. The predicted molar refractivity (Wildman–Crippen MR) is 144 cm³/mol. The SMILES string of the molecule is Cc1ccc2c(c1)C=C(Cn1cnc(C)c1)C1=CC=CNC1C2C1CCN(C(=O)OC(C)(C)C)CC1. The summed E-state index contributed by atoms with van der Waals surface area (Å²) in [5, 5.41) is 3.73. The molecule has 2 unspecified atom stereocenters. The van der Waals surface area contributed by atoms with Crippen LogP contribution in [0.1, 0.15) is 61.9 Å². The van der Waals surface area contributed by atoms with Crippen LogP contribution in [0.5, 0.6) is 0 Å². The third-order valence-corrected chi connectivity index (χ3v) is 7.46. The molecule has 3 aliphatic rings. The molecule has 0 bridgehead atoms. The van der Waals surface area contributed by atoms with Crippen molar-refractivity contribution in [1.82, 2.24) is 19.8 Å². The van der Waals surface area contributed by atoms with Gasteiger partial charge in [-0.05, 0) is 94.0 Å². The van der Waals surface area contributed by atoms with Crippen LogP contribution in [0.15, 0.2) is 60.2 Å². The van der Waals surface area contributed by atoms with Crippen LogP contribution in [0.4, 0.5) is 4.79 Å². The fourth-order valence-electron chi connectivity index (χ4n) is 5.87. The minimum atomic E-state index is -0.472. The molecule has 2 aliphatic heterocycles. The number of fused-ring (bicyclic) bond motifs is 2. The number of benzene rings is 1. The molecule has 1 amide bonds. The van der Waals surface area contributed by atoms with Gasteiger partial charge in [-0.3, -0.25) is 0 Å². The smallest absolute Gasteiger partial charge is 0.410 e. The lowest BCUT2D eigenvalue weighted by Gasteiger charge is -2.41. The maximum absolute atomic E-state index is 12.7. The first-order valence-corrected chi connectivity index (χ1v) is 13.1. The number of carbonyl (C=O) groups excluding carboxylic acids is 1. The highest BCUT2D eigenvalue weighted by molar-refractivity contribution is 5.69. The summed E-state index contributed by atoms with van der Waals surface area (Å²) in [6.45, 7) is 12.2. The first-order chi connectivity index (χ1) is 17.2. The Kier molecular flexibility index (Phi) is 6.54. The van der Waals surface area contributed by atoms with E-state index in [-0.39, 0.29) is 12.1 Å². The summed E-state index contributed by atoms with van der Waals surface area (Å²) in [7, 11) is 0. The van der Waals surface area contributed by atoms with E-state index in [1.54, 1.807) is 0 Å². The number of piperidine rings is 1. The van der Waals surface area contributed by atoms with Gasteiger partial charge in [0.2, 0.25) is 0 Å². The third kappa shape index (κ3) is 5.13. The van der Waals surface area contributed by atoms with Crippen molar-refractivity contribution >= 4 is 12.2 Å². The number of amides is 1. The Bertz CT molecular complexity index is 1220. The van der Waals surface area contributed by atoms with Crippen molar-refractivity contribution in [2.75, 3.05) is 13.1 Å². The van der Waals surface area contributed by atoms with Gasteiger partial charge in [0, 0.05) is 31.7 Å². The van der Waals surface area contributed by atoms with Crippen LogP contribution in [0.2, 0.25) is 0 Å². The van der Waals surface area contributed by atoms with E-state index in [9.17, 15) is 4.79 Å². The van der Waals surface area contributed by atoms with Gasteiger partial charge >= 0.3 is 6.09 Å². The van der Waals surface area contributed by atoms with Gasteiger partial charge < -0.3 is 19.5 Å². The lowest BCUT2D eigenvalue weighted by atomic mass is 9.72. The number of carbonyl (C=O) groups is 1. The zero-order chi connectivity index (χ0) is 25.4. The summed E-state index contributed by atoms with van der Waals surface area (Å²) in [6, 6.07) is 7.08. The van der Waals surface area contributed by atoms with Gasteiger partial charge in [-0.25, -0.2) is 9.78 Å². The summed E-state index contributed by atoms with van der Waals surface area (Å²) in [6.07, 6.45) is 14.6. The van der Waals surface area contributed by atoms with Crippen LogP contribution in [-0.4, -0.2) is 45.3 Å². The van der Waals surface area contributed by atoms with Crippen LogP contribution in [0.3, 0.4) is 0 Å². The van der Waals surface area contributed by atoms with Crippen molar-refractivity contribution in [3.8, 4) is 0 Å². The Balaban J connectivity index is 1.45. The molecule has 0 saturated carbocycles. The molecule has 1 fully saturated rings. The number of hydrogen-bond donors (Lipinski definition) is 1. The molecular formula is C30H38N4O2. The van der Waals surface area contributed by atoms with Gasteiger partial charge in [0.05, 0.1) is 18.1 Å². The third-order valence-electron chi connectivity index (χ3n) is 7.46. The summed E-state index contributed by atoms with van der Waals surface area (Å²) in [4.78, 5) is 19.0. The second kappa shape index (κ2) is 9.64. The number of nitrogens with one attached hydrogen (secondary N) is 1. The lowest BCUT2D eigenvalue weighted by Crippen LogP contribution is -2.45. The Labute approximate surface area is 214 Å². The number of aromatic nitrogens is 2. The van der Waals surface area contributed by atoms with E-state index in [1.165, 1.54) is 27.8 Å². The Morgan fingerprint density at radius 1 is 1.19 bits per heavy atom. The van der Waals surface area contributed by atoms with Crippen LogP contribution >= 0.6 is 0 Å². The molecule has 36 heavy (non-hydrogen) atoms. The maximum atomic E-state index is 12.7. The monoisotopic (exact) mass is 486 g/mol. The number of nitrogens with zero attached hydrogens (tertiary/aromatic N) is 3. The molecule has 5 rings (SSSR count). The van der Waals surface area contributed by atoms with Gasteiger partial charge in [-0.15, -0.1) is 0 Å². The number of aryl methyl sites for hydroxylation is 2. The van der Waals surface area contributed by atoms with Crippen molar-refractivity contribution in [3.63, 3.8) is 0 Å². The molecule has 0 radical (unpaired) electrons. The molecule has 1 aromatic heterocycles. The summed E-state index contributed by atoms with van der Waals surface area (Å²) in [5.41, 5.74) is 7.19. The first kappa shape index (κ1) is 24.4. The molecule has 1 saturated heterocycles. The van der Waals surface area contributed by atoms with E-state index in [2.05, 4.69) is 70.6 Å². The topological polar surface area (TPSA) is 59.4 Å². The second-order valence-corrected chi connectivity index (χ2v) is 11.4. The normalized spacial score (nSPS) is 22.1. The quantitative estimate of drug-likeness (QED) is 0.601. The van der Waals surface area contributed by atoms with E-state index in [0.29, 0.717) is 11.8 Å². The van der Waals surface area contributed by atoms with Gasteiger partial charge in [0.1, 0.15) is 5.60 Å². The number of allylic oxidation sites excluding steroid dienone is 2. The highest BCUT2D eigenvalue weighted by Crippen LogP contribution is 2.44. The average Bonchev–Trinajstić information content (AvgIpc) is 3.18. The van der Waals surface area contributed by atoms with Crippen molar-refractivity contribution in [3.05, 3.63) is 82.6 Å². The lowest BCUT2D eigenvalue weighted by molar-refractivity contribution is 0.0171.